The van der Waals surface area contributed by atoms with Crippen LogP contribution in [-0.2, 0) is 36.6 Å². The quantitative estimate of drug-likeness (QED) is 0.0653. The van der Waals surface area contributed by atoms with Crippen LogP contribution in [0.2, 0.25) is 0 Å². The maximum Gasteiger partial charge on any atom is 0.417 e. The van der Waals surface area contributed by atoms with E-state index in [1.165, 1.54) is 17.0 Å². The second-order valence-corrected chi connectivity index (χ2v) is 21.4. The van der Waals surface area contributed by atoms with Crippen LogP contribution in [0.3, 0.4) is 0 Å². The molecule has 0 unspecified atom stereocenters. The van der Waals surface area contributed by atoms with Gasteiger partial charge in [0, 0.05) is 82.0 Å². The summed E-state index contributed by atoms with van der Waals surface area (Å²) in [4.78, 5) is 93.8. The number of aliphatic hydroxyl groups is 1. The number of aromatic nitrogens is 2. The molecule has 2 saturated heterocycles. The maximum absolute atomic E-state index is 16.2. The van der Waals surface area contributed by atoms with Crippen molar-refractivity contribution < 1.29 is 51.4 Å². The number of H-pyrrole nitrogens is 1. The number of likely N-dealkylation sites (N-methyl/N-ethyl adjacent to an activating group) is 1. The molecule has 3 aliphatic heterocycles. The second kappa shape index (κ2) is 23.6. The molecule has 0 spiro atoms. The van der Waals surface area contributed by atoms with Crippen LogP contribution in [0.1, 0.15) is 93.0 Å². The molecule has 5 atom stereocenters. The van der Waals surface area contributed by atoms with Gasteiger partial charge >= 0.3 is 6.18 Å². The number of aromatic amines is 1. The zero-order valence-electron chi connectivity index (χ0n) is 43.1. The van der Waals surface area contributed by atoms with Crippen molar-refractivity contribution in [2.75, 3.05) is 63.2 Å². The van der Waals surface area contributed by atoms with Crippen molar-refractivity contribution in [2.45, 2.75) is 110 Å². The number of thiazole rings is 1. The number of nitrogens with zero attached hydrogens (tertiary/aromatic N) is 5. The monoisotopic (exact) mass is 1060 g/mol. The Balaban J connectivity index is 0.913. The summed E-state index contributed by atoms with van der Waals surface area (Å²) in [6.45, 7) is 12.5. The van der Waals surface area contributed by atoms with E-state index in [1.54, 1.807) is 48.6 Å². The molecule has 0 saturated carbocycles. The van der Waals surface area contributed by atoms with Crippen LogP contribution in [0.4, 0.5) is 28.9 Å². The van der Waals surface area contributed by atoms with Gasteiger partial charge < -0.3 is 45.5 Å². The minimum atomic E-state index is -5.01. The Morgan fingerprint density at radius 1 is 0.987 bits per heavy atom. The van der Waals surface area contributed by atoms with Gasteiger partial charge in [0.2, 0.25) is 29.2 Å². The predicted molar refractivity (Wildman–Crippen MR) is 276 cm³/mol. The summed E-state index contributed by atoms with van der Waals surface area (Å²) in [5, 5.41) is 18.9. The summed E-state index contributed by atoms with van der Waals surface area (Å²) in [6, 6.07) is 8.75. The molecule has 5 N–H and O–H groups in total. The van der Waals surface area contributed by atoms with E-state index in [0.29, 0.717) is 30.9 Å². The summed E-state index contributed by atoms with van der Waals surface area (Å²) in [7, 11) is 1.96. The third-order valence-electron chi connectivity index (χ3n) is 14.1. The molecule has 3 aliphatic rings. The Kier molecular flexibility index (Phi) is 17.7. The number of halogens is 4. The van der Waals surface area contributed by atoms with Gasteiger partial charge in [0.25, 0.3) is 5.91 Å². The molecule has 0 bridgehead atoms. The number of carbonyl (C=O) groups is 5. The smallest absolute Gasteiger partial charge is 0.391 e. The zero-order chi connectivity index (χ0) is 54.5. The molecule has 2 aromatic carbocycles. The Bertz CT molecular complexity index is 2840. The number of nitrogens with one attached hydrogen (secondary N) is 4. The van der Waals surface area contributed by atoms with E-state index in [1.807, 2.05) is 57.0 Å². The van der Waals surface area contributed by atoms with Gasteiger partial charge in [0.1, 0.15) is 17.9 Å². The molecule has 5 heterocycles. The number of alkyl halides is 3. The van der Waals surface area contributed by atoms with Gasteiger partial charge in [-0.2, -0.15) is 13.2 Å². The topological polar surface area (TPSA) is 210 Å². The maximum atomic E-state index is 16.2. The number of β-amino-alcohol motifs (C(OH)–C–C–N with tert-alkyl or cyclic N) is 1. The molecular formula is C53H65F4N9O8S. The number of rotatable bonds is 16. The van der Waals surface area contributed by atoms with Crippen LogP contribution < -0.4 is 26.4 Å². The van der Waals surface area contributed by atoms with Crippen LogP contribution in [0.25, 0.3) is 16.0 Å². The molecule has 2 fully saturated rings. The van der Waals surface area contributed by atoms with E-state index in [-0.39, 0.29) is 100 Å². The van der Waals surface area contributed by atoms with Gasteiger partial charge in [-0.15, -0.1) is 11.3 Å². The van der Waals surface area contributed by atoms with Crippen LogP contribution in [0, 0.1) is 18.2 Å². The van der Waals surface area contributed by atoms with Crippen molar-refractivity contribution in [3.63, 3.8) is 0 Å². The minimum absolute atomic E-state index is 0.0180. The van der Waals surface area contributed by atoms with Crippen LogP contribution >= 0.6 is 11.3 Å². The number of ether oxygens (including phenoxy) is 1. The number of carbonyl (C=O) groups excluding carboxylic acids is 5. The standard InChI is InChI=1S/C53H65F4N9O8S/c1-30-26-65(27-31(2)63(30)7)42-23-40(54)37(21-41(42)61-49(71)38-25-58-45(69)22-39(38)53(55,56)57)34-12-16-64(17-13-34)46(70)15-19-74-18-14-44(68)62-48(52(4,5)6)51(73)66-28-36(67)20-43(66)50(72)59-24-33-8-10-35(11-9-33)47-32(3)60-29-75-47/h8-12,21-23,25,29-31,36,43,48,67H,13-20,24,26-28H2,1-7H3,(H,58,69)(H,59,72)(H,61,71)(H,62,68)/t30-,31+,36-,43+,48-/m1/s1. The lowest BCUT2D eigenvalue weighted by Crippen LogP contribution is -2.57. The minimum Gasteiger partial charge on any atom is -0.391 e. The summed E-state index contributed by atoms with van der Waals surface area (Å²) in [6.07, 6.45) is -3.47. The number of likely N-dealkylation sites (tertiary alicyclic amines) is 1. The highest BCUT2D eigenvalue weighted by Gasteiger charge is 2.45. The first kappa shape index (κ1) is 56.2. The van der Waals surface area contributed by atoms with Gasteiger partial charge in [-0.25, -0.2) is 9.37 Å². The lowest BCUT2D eigenvalue weighted by atomic mass is 9.85. The molecule has 22 heteroatoms. The fourth-order valence-electron chi connectivity index (χ4n) is 9.59. The number of amides is 5. The Morgan fingerprint density at radius 3 is 2.31 bits per heavy atom. The van der Waals surface area contributed by atoms with Gasteiger partial charge in [0.15, 0.2) is 0 Å². The molecule has 2 aromatic heterocycles. The summed E-state index contributed by atoms with van der Waals surface area (Å²) in [5.74, 6) is -3.45. The summed E-state index contributed by atoms with van der Waals surface area (Å²) < 4.78 is 63.8. The first-order chi connectivity index (χ1) is 35.4. The SMILES string of the molecule is Cc1ncsc1-c1ccc(CNC(=O)[C@@H]2C[C@@H](O)CN2C(=O)[C@@H](NC(=O)CCOCCC(=O)N2CC=C(c3cc(NC(=O)c4c[nH]c(=O)cc4C(F)(F)F)c(N4C[C@@H](C)N(C)[C@@H](C)C4)cc3F)CC2)C(C)(C)C)cc1. The number of hydrogen-bond donors (Lipinski definition) is 5. The Labute approximate surface area is 436 Å². The van der Waals surface area contributed by atoms with E-state index in [0.717, 1.165) is 21.7 Å². The van der Waals surface area contributed by atoms with Gasteiger partial charge in [-0.3, -0.25) is 33.7 Å². The Hall–Kier alpha value is -6.49. The lowest BCUT2D eigenvalue weighted by molar-refractivity contribution is -0.144. The third kappa shape index (κ3) is 13.7. The first-order valence-electron chi connectivity index (χ1n) is 24.9. The molecule has 0 radical (unpaired) electrons. The van der Waals surface area contributed by atoms with Crippen molar-refractivity contribution in [3.8, 4) is 10.4 Å². The number of aliphatic hydroxyl groups excluding tert-OH is 1. The average molecular weight is 1060 g/mol. The van der Waals surface area contributed by atoms with Crippen LogP contribution in [0.15, 0.2) is 65.0 Å². The van der Waals surface area contributed by atoms with Gasteiger partial charge in [0.05, 0.1) is 64.3 Å². The molecular weight excluding hydrogens is 999 g/mol. The average Bonchev–Trinajstić information content (AvgIpc) is 3.98. The lowest BCUT2D eigenvalue weighted by Gasteiger charge is -2.44. The number of piperazine rings is 1. The van der Waals surface area contributed by atoms with E-state index < -0.39 is 75.9 Å². The fraction of sp³-hybridized carbons (Fsp3) is 0.491. The number of hydrogen-bond acceptors (Lipinski definition) is 12. The first-order valence-corrected chi connectivity index (χ1v) is 25.8. The van der Waals surface area contributed by atoms with Crippen molar-refractivity contribution in [3.05, 3.63) is 104 Å². The van der Waals surface area contributed by atoms with Crippen molar-refractivity contribution in [1.29, 1.82) is 0 Å². The third-order valence-corrected chi connectivity index (χ3v) is 15.0. The van der Waals surface area contributed by atoms with Crippen LogP contribution in [0.5, 0.6) is 0 Å². The van der Waals surface area contributed by atoms with E-state index >= 15 is 4.39 Å². The van der Waals surface area contributed by atoms with Gasteiger partial charge in [-0.05, 0) is 68.5 Å². The van der Waals surface area contributed by atoms with Gasteiger partial charge in [-0.1, -0.05) is 51.1 Å². The number of anilines is 2. The predicted octanol–water partition coefficient (Wildman–Crippen LogP) is 5.97. The highest BCUT2D eigenvalue weighted by Crippen LogP contribution is 2.38. The molecule has 75 heavy (non-hydrogen) atoms. The van der Waals surface area contributed by atoms with Crippen molar-refractivity contribution in [2.24, 2.45) is 5.41 Å². The summed E-state index contributed by atoms with van der Waals surface area (Å²) >= 11 is 1.54. The summed E-state index contributed by atoms with van der Waals surface area (Å²) in [5.41, 5.74) is 1.52. The highest BCUT2D eigenvalue weighted by molar-refractivity contribution is 7.13. The second-order valence-electron chi connectivity index (χ2n) is 20.6. The van der Waals surface area contributed by atoms with E-state index in [9.17, 15) is 47.0 Å². The number of pyridine rings is 1. The van der Waals surface area contributed by atoms with E-state index in [2.05, 4.69) is 30.8 Å². The largest absolute Gasteiger partial charge is 0.417 e. The van der Waals surface area contributed by atoms with E-state index in [4.69, 9.17) is 4.74 Å². The van der Waals surface area contributed by atoms with Crippen molar-refractivity contribution in [1.82, 2.24) is 35.3 Å². The number of aryl methyl sites for hydroxylation is 1. The number of benzene rings is 2. The molecule has 7 rings (SSSR count). The molecule has 5 amide bonds. The van der Waals surface area contributed by atoms with Crippen LogP contribution in [-0.4, -0.2) is 143 Å². The normalized spacial score (nSPS) is 19.9. The molecule has 4 aromatic rings. The highest BCUT2D eigenvalue weighted by atomic mass is 32.1. The Morgan fingerprint density at radius 2 is 1.68 bits per heavy atom. The molecule has 17 nitrogen and oxygen atoms in total. The van der Waals surface area contributed by atoms with Crippen molar-refractivity contribution >= 4 is 57.8 Å². The fourth-order valence-corrected chi connectivity index (χ4v) is 10.4. The molecule has 404 valence electrons. The molecule has 0 aliphatic carbocycles. The zero-order valence-corrected chi connectivity index (χ0v) is 43.9.